The van der Waals surface area contributed by atoms with Crippen molar-refractivity contribution in [3.8, 4) is 0 Å². The zero-order valence-corrected chi connectivity index (χ0v) is 10.3. The molecule has 0 amide bonds. The van der Waals surface area contributed by atoms with Crippen molar-refractivity contribution in [2.24, 2.45) is 5.92 Å². The van der Waals surface area contributed by atoms with E-state index in [1.165, 1.54) is 11.8 Å². The summed E-state index contributed by atoms with van der Waals surface area (Å²) >= 11 is 0. The van der Waals surface area contributed by atoms with Gasteiger partial charge in [-0.2, -0.15) is 5.10 Å². The van der Waals surface area contributed by atoms with Gasteiger partial charge in [-0.25, -0.2) is 0 Å². The lowest BCUT2D eigenvalue weighted by molar-refractivity contribution is -0.386. The van der Waals surface area contributed by atoms with Crippen molar-refractivity contribution >= 4 is 11.7 Å². The van der Waals surface area contributed by atoms with Gasteiger partial charge in [0.05, 0.1) is 24.5 Å². The maximum absolute atomic E-state index is 11.3. The van der Waals surface area contributed by atoms with E-state index >= 15 is 0 Å². The number of carbonyl (C=O) groups excluding carboxylic acids is 1. The summed E-state index contributed by atoms with van der Waals surface area (Å²) < 4.78 is 6.06. The van der Waals surface area contributed by atoms with Gasteiger partial charge in [0.15, 0.2) is 0 Å². The van der Waals surface area contributed by atoms with Crippen LogP contribution in [-0.2, 0) is 16.1 Å². The van der Waals surface area contributed by atoms with Crippen LogP contribution in [0.4, 0.5) is 5.69 Å². The number of ether oxygens (including phenoxy) is 1. The van der Waals surface area contributed by atoms with Crippen LogP contribution in [0.2, 0.25) is 0 Å². The van der Waals surface area contributed by atoms with E-state index in [4.69, 9.17) is 0 Å². The molecule has 1 heterocycles. The first kappa shape index (κ1) is 13.1. The van der Waals surface area contributed by atoms with Gasteiger partial charge in [0.25, 0.3) is 0 Å². The van der Waals surface area contributed by atoms with Crippen LogP contribution in [0.5, 0.6) is 0 Å². The second-order valence-electron chi connectivity index (χ2n) is 3.88. The standard InChI is InChI=1S/C10H15N3O4/c1-6(10(14)17-4)5-12-8(3)9(13(15)16)7(2)11-12/h6H,5H2,1-4H3/t6-/m0/s1. The maximum Gasteiger partial charge on any atom is 0.312 e. The average Bonchev–Trinajstić information content (AvgIpc) is 2.52. The number of aryl methyl sites for hydroxylation is 1. The summed E-state index contributed by atoms with van der Waals surface area (Å²) in [5.41, 5.74) is 0.801. The van der Waals surface area contributed by atoms with Crippen molar-refractivity contribution in [3.63, 3.8) is 0 Å². The van der Waals surface area contributed by atoms with Crippen LogP contribution >= 0.6 is 0 Å². The molecular weight excluding hydrogens is 226 g/mol. The molecule has 94 valence electrons. The fourth-order valence-corrected chi connectivity index (χ4v) is 1.66. The third kappa shape index (κ3) is 2.61. The zero-order valence-electron chi connectivity index (χ0n) is 10.3. The molecule has 0 unspecified atom stereocenters. The molecule has 1 rings (SSSR count). The van der Waals surface area contributed by atoms with Crippen LogP contribution in [0.15, 0.2) is 0 Å². The quantitative estimate of drug-likeness (QED) is 0.449. The Hall–Kier alpha value is -1.92. The second kappa shape index (κ2) is 4.94. The summed E-state index contributed by atoms with van der Waals surface area (Å²) in [6, 6.07) is 0. The SMILES string of the molecule is COC(=O)[C@@H](C)Cn1nc(C)c([N+](=O)[O-])c1C. The second-order valence-corrected chi connectivity index (χ2v) is 3.88. The van der Waals surface area contributed by atoms with Crippen LogP contribution in [-0.4, -0.2) is 27.8 Å². The van der Waals surface area contributed by atoms with Crippen molar-refractivity contribution in [2.75, 3.05) is 7.11 Å². The van der Waals surface area contributed by atoms with E-state index in [2.05, 4.69) is 9.84 Å². The van der Waals surface area contributed by atoms with Gasteiger partial charge in [-0.05, 0) is 13.8 Å². The molecule has 0 aliphatic rings. The summed E-state index contributed by atoms with van der Waals surface area (Å²) in [5, 5.41) is 14.8. The molecule has 1 atom stereocenters. The molecule has 7 nitrogen and oxygen atoms in total. The van der Waals surface area contributed by atoms with E-state index in [9.17, 15) is 14.9 Å². The highest BCUT2D eigenvalue weighted by Gasteiger charge is 2.24. The predicted molar refractivity (Wildman–Crippen MR) is 59.5 cm³/mol. The molecule has 1 aromatic heterocycles. The number of rotatable bonds is 4. The number of carbonyl (C=O) groups is 1. The molecular formula is C10H15N3O4. The third-order valence-corrected chi connectivity index (χ3v) is 2.58. The van der Waals surface area contributed by atoms with Crippen molar-refractivity contribution in [2.45, 2.75) is 27.3 Å². The number of methoxy groups -OCH3 is 1. The van der Waals surface area contributed by atoms with Crippen molar-refractivity contribution in [1.29, 1.82) is 0 Å². The Bertz CT molecular complexity index is 453. The van der Waals surface area contributed by atoms with E-state index in [1.54, 1.807) is 20.8 Å². The Morgan fingerprint density at radius 3 is 2.59 bits per heavy atom. The van der Waals surface area contributed by atoms with Crippen molar-refractivity contribution < 1.29 is 14.5 Å². The first-order valence-corrected chi connectivity index (χ1v) is 5.14. The lowest BCUT2D eigenvalue weighted by Crippen LogP contribution is -2.20. The van der Waals surface area contributed by atoms with Gasteiger partial charge in [0, 0.05) is 0 Å². The van der Waals surface area contributed by atoms with Gasteiger partial charge in [-0.1, -0.05) is 6.92 Å². The highest BCUT2D eigenvalue weighted by molar-refractivity contribution is 5.71. The van der Waals surface area contributed by atoms with Gasteiger partial charge in [-0.15, -0.1) is 0 Å². The lowest BCUT2D eigenvalue weighted by Gasteiger charge is -2.09. The van der Waals surface area contributed by atoms with Crippen LogP contribution < -0.4 is 0 Å². The molecule has 0 aromatic carbocycles. The number of esters is 1. The van der Waals surface area contributed by atoms with E-state index in [-0.39, 0.29) is 18.2 Å². The Morgan fingerprint density at radius 2 is 2.18 bits per heavy atom. The van der Waals surface area contributed by atoms with Crippen LogP contribution in [0, 0.1) is 29.9 Å². The molecule has 0 aliphatic carbocycles. The van der Waals surface area contributed by atoms with E-state index in [0.717, 1.165) is 0 Å². The topological polar surface area (TPSA) is 87.3 Å². The molecule has 1 aromatic rings. The lowest BCUT2D eigenvalue weighted by atomic mass is 10.2. The van der Waals surface area contributed by atoms with Gasteiger partial charge in [0.2, 0.25) is 0 Å². The fourth-order valence-electron chi connectivity index (χ4n) is 1.66. The molecule has 7 heteroatoms. The average molecular weight is 241 g/mol. The van der Waals surface area contributed by atoms with Crippen molar-refractivity contribution in [3.05, 3.63) is 21.5 Å². The Labute approximate surface area is 98.5 Å². The molecule has 0 fully saturated rings. The summed E-state index contributed by atoms with van der Waals surface area (Å²) in [7, 11) is 1.31. The Morgan fingerprint density at radius 1 is 1.59 bits per heavy atom. The molecule has 0 N–H and O–H groups in total. The minimum absolute atomic E-state index is 0.00191. The maximum atomic E-state index is 11.3. The summed E-state index contributed by atoms with van der Waals surface area (Å²) in [4.78, 5) is 21.6. The number of hydrogen-bond acceptors (Lipinski definition) is 5. The predicted octanol–water partition coefficient (Wildman–Crippen LogP) is 1.22. The van der Waals surface area contributed by atoms with E-state index in [0.29, 0.717) is 11.4 Å². The Balaban J connectivity index is 2.97. The fraction of sp³-hybridized carbons (Fsp3) is 0.600. The number of aromatic nitrogens is 2. The van der Waals surface area contributed by atoms with E-state index < -0.39 is 10.8 Å². The van der Waals surface area contributed by atoms with Gasteiger partial charge in [0.1, 0.15) is 11.4 Å². The molecule has 0 aliphatic heterocycles. The first-order chi connectivity index (χ1) is 7.88. The highest BCUT2D eigenvalue weighted by Crippen LogP contribution is 2.22. The monoisotopic (exact) mass is 241 g/mol. The highest BCUT2D eigenvalue weighted by atomic mass is 16.6. The molecule has 0 spiro atoms. The molecule has 0 radical (unpaired) electrons. The zero-order chi connectivity index (χ0) is 13.2. The summed E-state index contributed by atoms with van der Waals surface area (Å²) in [5.74, 6) is -0.752. The Kier molecular flexibility index (Phi) is 3.82. The summed E-state index contributed by atoms with van der Waals surface area (Å²) in [6.07, 6.45) is 0. The van der Waals surface area contributed by atoms with Gasteiger partial charge < -0.3 is 4.74 Å². The number of nitro groups is 1. The van der Waals surface area contributed by atoms with Crippen LogP contribution in [0.1, 0.15) is 18.3 Å². The van der Waals surface area contributed by atoms with E-state index in [1.807, 2.05) is 0 Å². The first-order valence-electron chi connectivity index (χ1n) is 5.14. The number of nitrogens with zero attached hydrogens (tertiary/aromatic N) is 3. The molecule has 0 bridgehead atoms. The smallest absolute Gasteiger partial charge is 0.312 e. The molecule has 0 saturated carbocycles. The minimum atomic E-state index is -0.461. The third-order valence-electron chi connectivity index (χ3n) is 2.58. The van der Waals surface area contributed by atoms with Crippen LogP contribution in [0.25, 0.3) is 0 Å². The van der Waals surface area contributed by atoms with Gasteiger partial charge in [-0.3, -0.25) is 19.6 Å². The summed E-state index contributed by atoms with van der Waals surface area (Å²) in [6.45, 7) is 5.15. The van der Waals surface area contributed by atoms with Crippen LogP contribution in [0.3, 0.4) is 0 Å². The molecule has 17 heavy (non-hydrogen) atoms. The number of hydrogen-bond donors (Lipinski definition) is 0. The largest absolute Gasteiger partial charge is 0.469 e. The molecule has 0 saturated heterocycles. The van der Waals surface area contributed by atoms with Gasteiger partial charge >= 0.3 is 11.7 Å². The normalized spacial score (nSPS) is 12.2. The minimum Gasteiger partial charge on any atom is -0.469 e. The van der Waals surface area contributed by atoms with Crippen molar-refractivity contribution in [1.82, 2.24) is 9.78 Å².